The first kappa shape index (κ1) is 20.8. The Labute approximate surface area is 172 Å². The van der Waals surface area contributed by atoms with Gasteiger partial charge in [-0.25, -0.2) is 0 Å². The van der Waals surface area contributed by atoms with Crippen molar-refractivity contribution >= 4 is 23.1 Å². The maximum atomic E-state index is 12.8. The quantitative estimate of drug-likeness (QED) is 0.245. The first-order valence-electron chi connectivity index (χ1n) is 9.20. The zero-order chi connectivity index (χ0) is 22.0. The number of nitro groups is 1. The molecule has 1 unspecified atom stereocenters. The smallest absolute Gasteiger partial charge is 0.295 e. The van der Waals surface area contributed by atoms with Crippen molar-refractivity contribution in [3.05, 3.63) is 69.3 Å². The number of benzene rings is 2. The number of carbonyl (C=O) groups is 2. The number of Topliss-reactive ketones (excluding diaryl/α,β-unsaturated/α-hetero) is 1. The molecule has 0 bridgehead atoms. The Morgan fingerprint density at radius 2 is 1.87 bits per heavy atom. The summed E-state index contributed by atoms with van der Waals surface area (Å²) in [5.41, 5.74) is 0.267. The van der Waals surface area contributed by atoms with Crippen LogP contribution in [0.4, 0.5) is 5.69 Å². The molecular formula is C21H20N2O7. The van der Waals surface area contributed by atoms with E-state index in [0.717, 1.165) is 0 Å². The number of phenols is 1. The third-order valence-corrected chi connectivity index (χ3v) is 4.87. The number of ether oxygens (including phenoxy) is 1. The molecule has 9 nitrogen and oxygen atoms in total. The fourth-order valence-electron chi connectivity index (χ4n) is 3.47. The van der Waals surface area contributed by atoms with Crippen LogP contribution in [0.25, 0.3) is 5.76 Å². The number of aliphatic hydroxyl groups is 1. The number of non-ortho nitro benzene ring substituents is 1. The van der Waals surface area contributed by atoms with Crippen molar-refractivity contribution < 1.29 is 29.5 Å². The molecule has 156 valence electrons. The molecule has 3 rings (SSSR count). The fourth-order valence-corrected chi connectivity index (χ4v) is 3.47. The van der Waals surface area contributed by atoms with Crippen LogP contribution < -0.4 is 4.74 Å². The van der Waals surface area contributed by atoms with Crippen LogP contribution in [0.1, 0.15) is 30.5 Å². The lowest BCUT2D eigenvalue weighted by Crippen LogP contribution is -2.30. The summed E-state index contributed by atoms with van der Waals surface area (Å²) in [5, 5.41) is 31.9. The number of amides is 1. The number of nitrogens with zero attached hydrogens (tertiary/aromatic N) is 2. The van der Waals surface area contributed by atoms with E-state index in [-0.39, 0.29) is 34.9 Å². The summed E-state index contributed by atoms with van der Waals surface area (Å²) in [6, 6.07) is 8.57. The van der Waals surface area contributed by atoms with E-state index < -0.39 is 28.4 Å². The number of methoxy groups -OCH3 is 1. The third kappa shape index (κ3) is 3.57. The van der Waals surface area contributed by atoms with Crippen LogP contribution >= 0.6 is 0 Å². The van der Waals surface area contributed by atoms with Gasteiger partial charge in [-0.15, -0.1) is 0 Å². The standard InChI is InChI=1S/C21H20N2O7/c1-3-10-22-18(13-6-9-16(30-2)15(24)11-13)17(20(26)21(22)27)19(25)12-4-7-14(8-5-12)23(28)29/h4-9,11,18,24-25H,3,10H2,1-2H3/b19-17-. The highest BCUT2D eigenvalue weighted by Crippen LogP contribution is 2.41. The van der Waals surface area contributed by atoms with Gasteiger partial charge in [0, 0.05) is 24.2 Å². The Bertz CT molecular complexity index is 1040. The van der Waals surface area contributed by atoms with Crippen molar-refractivity contribution in [2.24, 2.45) is 0 Å². The molecular weight excluding hydrogens is 392 g/mol. The Hall–Kier alpha value is -3.88. The average Bonchev–Trinajstić information content (AvgIpc) is 2.98. The van der Waals surface area contributed by atoms with Gasteiger partial charge in [0.2, 0.25) is 0 Å². The van der Waals surface area contributed by atoms with E-state index >= 15 is 0 Å². The van der Waals surface area contributed by atoms with Gasteiger partial charge in [-0.1, -0.05) is 13.0 Å². The largest absolute Gasteiger partial charge is 0.507 e. The predicted octanol–water partition coefficient (Wildman–Crippen LogP) is 3.14. The average molecular weight is 412 g/mol. The summed E-state index contributed by atoms with van der Waals surface area (Å²) >= 11 is 0. The molecule has 2 aromatic rings. The molecule has 1 heterocycles. The minimum absolute atomic E-state index is 0.146. The number of nitro benzene ring substituents is 1. The highest BCUT2D eigenvalue weighted by atomic mass is 16.6. The van der Waals surface area contributed by atoms with Crippen molar-refractivity contribution in [1.82, 2.24) is 4.90 Å². The molecule has 1 saturated heterocycles. The van der Waals surface area contributed by atoms with Gasteiger partial charge in [-0.2, -0.15) is 0 Å². The van der Waals surface area contributed by atoms with E-state index in [2.05, 4.69) is 0 Å². The predicted molar refractivity (Wildman–Crippen MR) is 107 cm³/mol. The van der Waals surface area contributed by atoms with Gasteiger partial charge in [0.05, 0.1) is 23.6 Å². The summed E-state index contributed by atoms with van der Waals surface area (Å²) in [7, 11) is 1.40. The molecule has 2 aromatic carbocycles. The highest BCUT2D eigenvalue weighted by molar-refractivity contribution is 6.46. The number of rotatable bonds is 6. The first-order valence-corrected chi connectivity index (χ1v) is 9.20. The van der Waals surface area contributed by atoms with Crippen LogP contribution in [0.2, 0.25) is 0 Å². The lowest BCUT2D eigenvalue weighted by Gasteiger charge is -2.25. The van der Waals surface area contributed by atoms with Crippen LogP contribution in [-0.2, 0) is 9.59 Å². The van der Waals surface area contributed by atoms with Gasteiger partial charge in [-0.05, 0) is 36.2 Å². The number of likely N-dealkylation sites (tertiary alicyclic amines) is 1. The number of aliphatic hydroxyl groups excluding tert-OH is 1. The molecule has 0 saturated carbocycles. The summed E-state index contributed by atoms with van der Waals surface area (Å²) in [6.45, 7) is 2.11. The number of carbonyl (C=O) groups excluding carboxylic acids is 2. The number of ketones is 1. The van der Waals surface area contributed by atoms with Gasteiger partial charge < -0.3 is 19.8 Å². The van der Waals surface area contributed by atoms with Crippen molar-refractivity contribution in [2.75, 3.05) is 13.7 Å². The maximum Gasteiger partial charge on any atom is 0.295 e. The molecule has 2 N–H and O–H groups in total. The van der Waals surface area contributed by atoms with Crippen molar-refractivity contribution in [2.45, 2.75) is 19.4 Å². The van der Waals surface area contributed by atoms with Crippen molar-refractivity contribution in [1.29, 1.82) is 0 Å². The number of aromatic hydroxyl groups is 1. The second-order valence-electron chi connectivity index (χ2n) is 6.73. The molecule has 0 radical (unpaired) electrons. The van der Waals surface area contributed by atoms with E-state index in [4.69, 9.17) is 4.74 Å². The first-order chi connectivity index (χ1) is 14.3. The lowest BCUT2D eigenvalue weighted by molar-refractivity contribution is -0.384. The van der Waals surface area contributed by atoms with Crippen molar-refractivity contribution in [3.8, 4) is 11.5 Å². The molecule has 0 aromatic heterocycles. The minimum atomic E-state index is -0.919. The molecule has 9 heteroatoms. The summed E-state index contributed by atoms with van der Waals surface area (Å²) in [5.74, 6) is -2.02. The zero-order valence-electron chi connectivity index (χ0n) is 16.4. The van der Waals surface area contributed by atoms with Gasteiger partial charge in [0.25, 0.3) is 17.4 Å². The van der Waals surface area contributed by atoms with Gasteiger partial charge in [0.1, 0.15) is 5.76 Å². The third-order valence-electron chi connectivity index (χ3n) is 4.87. The van der Waals surface area contributed by atoms with Crippen molar-refractivity contribution in [3.63, 3.8) is 0 Å². The van der Waals surface area contributed by atoms with Crippen LogP contribution in [-0.4, -0.2) is 45.4 Å². The monoisotopic (exact) mass is 412 g/mol. The normalized spacial score (nSPS) is 17.9. The lowest BCUT2D eigenvalue weighted by atomic mass is 9.95. The topological polar surface area (TPSA) is 130 Å². The summed E-state index contributed by atoms with van der Waals surface area (Å²) < 4.78 is 5.04. The number of hydrogen-bond acceptors (Lipinski definition) is 7. The van der Waals surface area contributed by atoms with E-state index in [1.165, 1.54) is 48.4 Å². The Balaban J connectivity index is 2.17. The van der Waals surface area contributed by atoms with E-state index in [9.17, 15) is 29.9 Å². The highest BCUT2D eigenvalue weighted by Gasteiger charge is 2.45. The van der Waals surface area contributed by atoms with Crippen LogP contribution in [0, 0.1) is 10.1 Å². The summed E-state index contributed by atoms with van der Waals surface area (Å²) in [4.78, 5) is 37.0. The van der Waals surface area contributed by atoms with Gasteiger partial charge in [-0.3, -0.25) is 19.7 Å². The van der Waals surface area contributed by atoms with Gasteiger partial charge >= 0.3 is 0 Å². The van der Waals surface area contributed by atoms with Crippen LogP contribution in [0.15, 0.2) is 48.0 Å². The molecule has 30 heavy (non-hydrogen) atoms. The minimum Gasteiger partial charge on any atom is -0.507 e. The van der Waals surface area contributed by atoms with Crippen LogP contribution in [0.5, 0.6) is 11.5 Å². The Kier molecular flexibility index (Phi) is 5.72. The molecule has 0 spiro atoms. The second-order valence-corrected chi connectivity index (χ2v) is 6.73. The van der Waals surface area contributed by atoms with E-state index in [0.29, 0.717) is 12.0 Å². The Morgan fingerprint density at radius 3 is 2.40 bits per heavy atom. The van der Waals surface area contributed by atoms with Gasteiger partial charge in [0.15, 0.2) is 11.5 Å². The van der Waals surface area contributed by atoms with E-state index in [1.807, 2.05) is 6.92 Å². The molecule has 1 atom stereocenters. The fraction of sp³-hybridized carbons (Fsp3) is 0.238. The number of hydrogen-bond donors (Lipinski definition) is 2. The molecule has 1 amide bonds. The Morgan fingerprint density at radius 1 is 1.20 bits per heavy atom. The zero-order valence-corrected chi connectivity index (χ0v) is 16.4. The molecule has 1 aliphatic heterocycles. The molecule has 1 fully saturated rings. The SMILES string of the molecule is CCCN1C(=O)C(=O)/C(=C(\O)c2ccc([N+](=O)[O-])cc2)C1c1ccc(OC)c(O)c1. The second kappa shape index (κ2) is 8.24. The maximum absolute atomic E-state index is 12.8. The summed E-state index contributed by atoms with van der Waals surface area (Å²) in [6.07, 6.45) is 0.573. The number of phenolic OH excluding ortho intramolecular Hbond substituents is 1. The molecule has 0 aliphatic carbocycles. The molecule has 1 aliphatic rings. The van der Waals surface area contributed by atoms with Crippen LogP contribution in [0.3, 0.4) is 0 Å². The van der Waals surface area contributed by atoms with E-state index in [1.54, 1.807) is 6.07 Å².